The fraction of sp³-hybridized carbons (Fsp3) is 0.588. The number of rotatable bonds is 3. The lowest BCUT2D eigenvalue weighted by Gasteiger charge is -2.34. The molecular weight excluding hydrogens is 338 g/mol. The molecule has 1 fully saturated rings. The summed E-state index contributed by atoms with van der Waals surface area (Å²) in [5, 5.41) is 3.71. The van der Waals surface area contributed by atoms with Crippen molar-refractivity contribution in [3.63, 3.8) is 0 Å². The number of ether oxygens (including phenoxy) is 1. The second kappa shape index (κ2) is 8.33. The van der Waals surface area contributed by atoms with Crippen molar-refractivity contribution in [1.82, 2.24) is 20.6 Å². The lowest BCUT2D eigenvalue weighted by Crippen LogP contribution is -2.53. The quantitative estimate of drug-likeness (QED) is 0.561. The molecule has 2 rings (SSSR count). The van der Waals surface area contributed by atoms with Crippen molar-refractivity contribution < 1.29 is 9.53 Å². The Morgan fingerprint density at radius 2 is 2.20 bits per heavy atom. The van der Waals surface area contributed by atoms with E-state index in [9.17, 15) is 4.79 Å². The standard InChI is InChI=1S/C17H27N5O2S/c1-12-7-5-9-18-14(12)20-21-15(25)19-13-8-6-10-22(11-13)16(23)24-17(2,3)4/h5,7,9,13H,6,8,10-11H2,1-4H3,(H,18,20)(H2,19,21,25). The van der Waals surface area contributed by atoms with Gasteiger partial charge in [0, 0.05) is 25.3 Å². The maximum absolute atomic E-state index is 12.2. The van der Waals surface area contributed by atoms with Gasteiger partial charge in [-0.15, -0.1) is 0 Å². The van der Waals surface area contributed by atoms with Crippen LogP contribution in [-0.4, -0.2) is 45.8 Å². The van der Waals surface area contributed by atoms with E-state index in [0.29, 0.717) is 18.2 Å². The molecule has 1 aliphatic heterocycles. The van der Waals surface area contributed by atoms with Crippen molar-refractivity contribution >= 4 is 29.2 Å². The van der Waals surface area contributed by atoms with Crippen LogP contribution in [0.5, 0.6) is 0 Å². The number of nitrogens with zero attached hydrogens (tertiary/aromatic N) is 2. The van der Waals surface area contributed by atoms with Gasteiger partial charge in [-0.1, -0.05) is 6.07 Å². The number of hydrogen-bond acceptors (Lipinski definition) is 5. The number of piperidine rings is 1. The highest BCUT2D eigenvalue weighted by atomic mass is 32.1. The largest absolute Gasteiger partial charge is 0.444 e. The molecule has 25 heavy (non-hydrogen) atoms. The summed E-state index contributed by atoms with van der Waals surface area (Å²) in [6, 6.07) is 3.94. The Kier molecular flexibility index (Phi) is 6.41. The Balaban J connectivity index is 1.80. The molecule has 0 spiro atoms. The first kappa shape index (κ1) is 19.2. The highest BCUT2D eigenvalue weighted by Crippen LogP contribution is 2.15. The van der Waals surface area contributed by atoms with Gasteiger partial charge in [0.05, 0.1) is 0 Å². The van der Waals surface area contributed by atoms with Crippen molar-refractivity contribution in [2.75, 3.05) is 18.5 Å². The van der Waals surface area contributed by atoms with Gasteiger partial charge in [0.15, 0.2) is 5.11 Å². The zero-order valence-corrected chi connectivity index (χ0v) is 16.1. The Morgan fingerprint density at radius 3 is 2.88 bits per heavy atom. The Morgan fingerprint density at radius 1 is 1.44 bits per heavy atom. The molecule has 1 unspecified atom stereocenters. The first-order chi connectivity index (χ1) is 11.7. The van der Waals surface area contributed by atoms with Crippen LogP contribution in [0, 0.1) is 6.92 Å². The topological polar surface area (TPSA) is 78.5 Å². The first-order valence-electron chi connectivity index (χ1n) is 8.46. The van der Waals surface area contributed by atoms with Gasteiger partial charge in [-0.05, 0) is 64.4 Å². The van der Waals surface area contributed by atoms with E-state index < -0.39 is 5.60 Å². The number of anilines is 1. The number of hydrogen-bond donors (Lipinski definition) is 3. The molecule has 0 bridgehead atoms. The number of likely N-dealkylation sites (tertiary alicyclic amines) is 1. The fourth-order valence-corrected chi connectivity index (χ4v) is 2.76. The molecule has 3 N–H and O–H groups in total. The lowest BCUT2D eigenvalue weighted by molar-refractivity contribution is 0.0194. The van der Waals surface area contributed by atoms with E-state index in [4.69, 9.17) is 17.0 Å². The minimum absolute atomic E-state index is 0.0906. The summed E-state index contributed by atoms with van der Waals surface area (Å²) in [6.07, 6.45) is 3.30. The number of carbonyl (C=O) groups is 1. The summed E-state index contributed by atoms with van der Waals surface area (Å²) < 4.78 is 5.44. The lowest BCUT2D eigenvalue weighted by atomic mass is 10.1. The molecule has 1 amide bonds. The average Bonchev–Trinajstić information content (AvgIpc) is 2.53. The normalized spacial score (nSPS) is 17.6. The van der Waals surface area contributed by atoms with E-state index in [1.165, 1.54) is 0 Å². The summed E-state index contributed by atoms with van der Waals surface area (Å²) in [4.78, 5) is 18.2. The minimum Gasteiger partial charge on any atom is -0.444 e. The molecule has 0 radical (unpaired) electrons. The third kappa shape index (κ3) is 6.38. The van der Waals surface area contributed by atoms with Crippen LogP contribution < -0.4 is 16.2 Å². The first-order valence-corrected chi connectivity index (χ1v) is 8.87. The Bertz CT molecular complexity index is 617. The van der Waals surface area contributed by atoms with E-state index in [1.54, 1.807) is 11.1 Å². The number of nitrogens with one attached hydrogen (secondary N) is 3. The van der Waals surface area contributed by atoms with Gasteiger partial charge < -0.3 is 15.0 Å². The Labute approximate surface area is 154 Å². The molecule has 0 aromatic carbocycles. The third-order valence-corrected chi connectivity index (χ3v) is 3.93. The van der Waals surface area contributed by atoms with Gasteiger partial charge in [-0.3, -0.25) is 10.9 Å². The molecule has 0 saturated carbocycles. The van der Waals surface area contributed by atoms with E-state index in [2.05, 4.69) is 21.2 Å². The van der Waals surface area contributed by atoms with Crippen LogP contribution in [0.2, 0.25) is 0 Å². The Hall–Kier alpha value is -2.09. The molecule has 8 heteroatoms. The maximum Gasteiger partial charge on any atom is 0.410 e. The van der Waals surface area contributed by atoms with E-state index in [0.717, 1.165) is 24.2 Å². The van der Waals surface area contributed by atoms with E-state index in [-0.39, 0.29) is 12.1 Å². The molecule has 0 aliphatic carbocycles. The van der Waals surface area contributed by atoms with Crippen molar-refractivity contribution in [2.24, 2.45) is 0 Å². The maximum atomic E-state index is 12.2. The fourth-order valence-electron chi connectivity index (χ4n) is 2.54. The van der Waals surface area contributed by atoms with Crippen LogP contribution in [0.25, 0.3) is 0 Å². The van der Waals surface area contributed by atoms with Crippen LogP contribution >= 0.6 is 12.2 Å². The van der Waals surface area contributed by atoms with Gasteiger partial charge in [0.2, 0.25) is 0 Å². The van der Waals surface area contributed by atoms with Crippen molar-refractivity contribution in [1.29, 1.82) is 0 Å². The van der Waals surface area contributed by atoms with Crippen molar-refractivity contribution in [3.05, 3.63) is 23.9 Å². The summed E-state index contributed by atoms with van der Waals surface area (Å²) >= 11 is 5.32. The zero-order chi connectivity index (χ0) is 18.4. The predicted molar refractivity (Wildman–Crippen MR) is 102 cm³/mol. The number of aryl methyl sites for hydroxylation is 1. The molecule has 1 aromatic rings. The van der Waals surface area contributed by atoms with Crippen LogP contribution in [0.4, 0.5) is 10.6 Å². The predicted octanol–water partition coefficient (Wildman–Crippen LogP) is 2.58. The van der Waals surface area contributed by atoms with Crippen LogP contribution in [0.1, 0.15) is 39.2 Å². The SMILES string of the molecule is Cc1cccnc1NNC(=S)NC1CCCN(C(=O)OC(C)(C)C)C1. The highest BCUT2D eigenvalue weighted by Gasteiger charge is 2.27. The van der Waals surface area contributed by atoms with Gasteiger partial charge >= 0.3 is 6.09 Å². The monoisotopic (exact) mass is 365 g/mol. The smallest absolute Gasteiger partial charge is 0.410 e. The van der Waals surface area contributed by atoms with Crippen LogP contribution in [0.3, 0.4) is 0 Å². The minimum atomic E-state index is -0.487. The summed E-state index contributed by atoms with van der Waals surface area (Å²) in [5.41, 5.74) is 6.47. The molecule has 1 atom stereocenters. The zero-order valence-electron chi connectivity index (χ0n) is 15.3. The molecule has 2 heterocycles. The molecular formula is C17H27N5O2S. The average molecular weight is 366 g/mol. The van der Waals surface area contributed by atoms with Gasteiger partial charge in [-0.2, -0.15) is 0 Å². The summed E-state index contributed by atoms with van der Waals surface area (Å²) in [6.45, 7) is 8.85. The molecule has 7 nitrogen and oxygen atoms in total. The number of hydrazine groups is 1. The molecule has 1 aliphatic rings. The summed E-state index contributed by atoms with van der Waals surface area (Å²) in [7, 11) is 0. The highest BCUT2D eigenvalue weighted by molar-refractivity contribution is 7.80. The number of aromatic nitrogens is 1. The summed E-state index contributed by atoms with van der Waals surface area (Å²) in [5.74, 6) is 0.727. The van der Waals surface area contributed by atoms with E-state index in [1.807, 2.05) is 39.8 Å². The second-order valence-electron chi connectivity index (χ2n) is 7.16. The molecule has 138 valence electrons. The van der Waals surface area contributed by atoms with Gasteiger partial charge in [-0.25, -0.2) is 9.78 Å². The van der Waals surface area contributed by atoms with Crippen molar-refractivity contribution in [3.8, 4) is 0 Å². The second-order valence-corrected chi connectivity index (χ2v) is 7.57. The number of amides is 1. The van der Waals surface area contributed by atoms with Gasteiger partial charge in [0.25, 0.3) is 0 Å². The molecule has 1 aromatic heterocycles. The third-order valence-electron chi connectivity index (χ3n) is 3.71. The van der Waals surface area contributed by atoms with Crippen molar-refractivity contribution in [2.45, 2.75) is 52.2 Å². The van der Waals surface area contributed by atoms with E-state index >= 15 is 0 Å². The number of thiocarbonyl (C=S) groups is 1. The number of carbonyl (C=O) groups excluding carboxylic acids is 1. The van der Waals surface area contributed by atoms with Crippen LogP contribution in [-0.2, 0) is 4.74 Å². The number of pyridine rings is 1. The molecule has 1 saturated heterocycles. The van der Waals surface area contributed by atoms with Gasteiger partial charge in [0.1, 0.15) is 11.4 Å². The van der Waals surface area contributed by atoms with Crippen LogP contribution in [0.15, 0.2) is 18.3 Å².